The van der Waals surface area contributed by atoms with Crippen LogP contribution in [0.5, 0.6) is 0 Å². The molecule has 5 fully saturated rings. The number of nitrogens with zero attached hydrogens (tertiary/aromatic N) is 6. The average molecular weight is 1190 g/mol. The van der Waals surface area contributed by atoms with Crippen LogP contribution in [-0.4, -0.2) is 206 Å². The van der Waals surface area contributed by atoms with Gasteiger partial charge in [-0.15, -0.1) is 0 Å². The van der Waals surface area contributed by atoms with E-state index in [1.165, 1.54) is 24.3 Å². The second kappa shape index (κ2) is 25.8. The van der Waals surface area contributed by atoms with Gasteiger partial charge in [-0.05, 0) is 87.1 Å². The maximum atomic E-state index is 14.4. The number of pyridine rings is 2. The number of fused-ring (bicyclic) bond motifs is 2. The molecule has 0 radical (unpaired) electrons. The monoisotopic (exact) mass is 1190 g/mol. The minimum Gasteiger partial charge on any atom is -0.366 e. The van der Waals surface area contributed by atoms with Gasteiger partial charge >= 0.3 is 0 Å². The number of piperazine rings is 2. The van der Waals surface area contributed by atoms with Gasteiger partial charge in [0.25, 0.3) is 22.9 Å². The van der Waals surface area contributed by atoms with Crippen LogP contribution in [0.15, 0.2) is 70.3 Å². The summed E-state index contributed by atoms with van der Waals surface area (Å²) in [4.78, 5) is 102. The first kappa shape index (κ1) is 61.4. The lowest BCUT2D eigenvalue weighted by Crippen LogP contribution is -2.62. The number of anilines is 2. The molecule has 2 unspecified atom stereocenters. The third kappa shape index (κ3) is 14.2. The van der Waals surface area contributed by atoms with Crippen LogP contribution in [0.2, 0.25) is 0 Å². The number of carbonyl (C=O) groups is 4. The Morgan fingerprint density at radius 2 is 0.965 bits per heavy atom. The number of hydrogen-bond acceptors (Lipinski definition) is 14. The molecule has 8 heterocycles. The van der Waals surface area contributed by atoms with Crippen LogP contribution in [0.1, 0.15) is 101 Å². The predicted molar refractivity (Wildman–Crippen MR) is 324 cm³/mol. The van der Waals surface area contributed by atoms with Crippen LogP contribution in [0.25, 0.3) is 0 Å². The molecule has 464 valence electrons. The van der Waals surface area contributed by atoms with Crippen molar-refractivity contribution in [2.45, 2.75) is 139 Å². The van der Waals surface area contributed by atoms with Gasteiger partial charge in [0.05, 0.1) is 37.7 Å². The largest absolute Gasteiger partial charge is 0.366 e. The van der Waals surface area contributed by atoms with Crippen LogP contribution in [-0.2, 0) is 52.3 Å². The van der Waals surface area contributed by atoms with Gasteiger partial charge in [0.2, 0.25) is 11.8 Å². The van der Waals surface area contributed by atoms with E-state index in [1.54, 1.807) is 34.1 Å². The van der Waals surface area contributed by atoms with Gasteiger partial charge in [-0.3, -0.25) is 48.4 Å². The van der Waals surface area contributed by atoms with Gasteiger partial charge in [-0.1, -0.05) is 52.0 Å². The minimum absolute atomic E-state index is 0.00307. The zero-order chi connectivity index (χ0) is 60.6. The number of aromatic nitrogens is 2. The highest BCUT2D eigenvalue weighted by Gasteiger charge is 2.44. The van der Waals surface area contributed by atoms with E-state index >= 15 is 0 Å². The summed E-state index contributed by atoms with van der Waals surface area (Å²) in [6, 6.07) is 16.1. The van der Waals surface area contributed by atoms with E-state index in [0.29, 0.717) is 153 Å². The van der Waals surface area contributed by atoms with Gasteiger partial charge in [-0.25, -0.2) is 8.78 Å². The molecule has 22 heteroatoms. The second-order valence-corrected chi connectivity index (χ2v) is 26.7. The minimum atomic E-state index is -0.648. The molecule has 11 rings (SSSR count). The summed E-state index contributed by atoms with van der Waals surface area (Å²) in [5, 5.41) is 13.7. The molecular weight excluding hydrogens is 1100 g/mol. The third-order valence-corrected chi connectivity index (χ3v) is 18.8. The highest BCUT2D eigenvalue weighted by molar-refractivity contribution is 5.98. The van der Waals surface area contributed by atoms with E-state index in [1.807, 2.05) is 39.8 Å². The number of H-pyrrole nitrogens is 2. The van der Waals surface area contributed by atoms with Crippen molar-refractivity contribution in [3.63, 3.8) is 0 Å². The molecule has 20 nitrogen and oxygen atoms in total. The summed E-state index contributed by atoms with van der Waals surface area (Å²) in [7, 11) is 0. The van der Waals surface area contributed by atoms with Crippen molar-refractivity contribution in [1.82, 2.24) is 50.8 Å². The Kier molecular flexibility index (Phi) is 18.5. The molecule has 1 saturated carbocycles. The number of ether oxygens (including phenoxy) is 2. The molecule has 6 aliphatic heterocycles. The third-order valence-electron chi connectivity index (χ3n) is 18.8. The molecule has 6 atom stereocenters. The van der Waals surface area contributed by atoms with Crippen molar-refractivity contribution in [3.05, 3.63) is 127 Å². The van der Waals surface area contributed by atoms with Crippen LogP contribution < -0.4 is 42.2 Å². The Morgan fingerprint density at radius 3 is 1.35 bits per heavy atom. The van der Waals surface area contributed by atoms with Crippen LogP contribution >= 0.6 is 0 Å². The van der Waals surface area contributed by atoms with Crippen molar-refractivity contribution in [2.75, 3.05) is 115 Å². The number of halogens is 2. The number of nitrogens with one attached hydrogen (secondary N) is 6. The van der Waals surface area contributed by atoms with E-state index in [4.69, 9.17) is 9.47 Å². The molecule has 86 heavy (non-hydrogen) atoms. The first-order chi connectivity index (χ1) is 41.1. The molecule has 2 aromatic carbocycles. The Morgan fingerprint density at radius 1 is 0.581 bits per heavy atom. The zero-order valence-electron chi connectivity index (χ0n) is 50.7. The normalized spacial score (nSPS) is 27.1. The molecule has 0 bridgehead atoms. The lowest BCUT2D eigenvalue weighted by molar-refractivity contribution is -0.141. The van der Waals surface area contributed by atoms with Gasteiger partial charge in [0, 0.05) is 161 Å². The first-order valence-corrected chi connectivity index (χ1v) is 31.0. The molecular formula is C64H86F2N12O8. The number of rotatable bonds is 16. The fraction of sp³-hybridized carbons (Fsp3) is 0.594. The Labute approximate surface area is 502 Å². The topological polar surface area (TPSA) is 220 Å². The van der Waals surface area contributed by atoms with E-state index in [2.05, 4.69) is 64.7 Å². The summed E-state index contributed by atoms with van der Waals surface area (Å²) in [5.74, 6) is -1.08. The van der Waals surface area contributed by atoms with Crippen LogP contribution in [0, 0.1) is 11.6 Å². The maximum Gasteiger partial charge on any atom is 0.251 e. The molecule has 0 spiro atoms. The molecule has 4 aromatic rings. The molecule has 2 aromatic heterocycles. The van der Waals surface area contributed by atoms with Gasteiger partial charge in [0.1, 0.15) is 23.8 Å². The van der Waals surface area contributed by atoms with Crippen molar-refractivity contribution in [2.24, 2.45) is 0 Å². The van der Waals surface area contributed by atoms with Crippen LogP contribution in [0.4, 0.5) is 20.2 Å². The molecule has 7 aliphatic rings. The quantitative estimate of drug-likeness (QED) is 0.0952. The van der Waals surface area contributed by atoms with Crippen LogP contribution in [0.3, 0.4) is 0 Å². The summed E-state index contributed by atoms with van der Waals surface area (Å²) >= 11 is 0. The Bertz CT molecular complexity index is 3030. The maximum absolute atomic E-state index is 14.4. The fourth-order valence-corrected chi connectivity index (χ4v) is 14.0. The van der Waals surface area contributed by atoms with Crippen molar-refractivity contribution >= 4 is 35.0 Å². The van der Waals surface area contributed by atoms with E-state index in [9.17, 15) is 37.5 Å². The summed E-state index contributed by atoms with van der Waals surface area (Å²) in [5.41, 5.74) is 4.12. The van der Waals surface area contributed by atoms with Crippen molar-refractivity contribution in [3.8, 4) is 0 Å². The SMILES string of the molecule is C[C@@H]1CN(CC(=O)N2CC(C)(C)c3[nH]c(=O)c(Cc4ccc(F)cc4)cc32)[C@@H](CN2CCOC(C(=O)NC3CCC(NC(=O)C4CN(C[C@H]5CN[C@H](C)CN5CC(=O)N5CC(C)(C)c6[nH]c(=O)c(Cc7ccc(F)cc7)cc65)CCO4)CC3)C2)CN1. The van der Waals surface area contributed by atoms with E-state index in [0.717, 1.165) is 22.5 Å². The zero-order valence-corrected chi connectivity index (χ0v) is 50.7. The lowest BCUT2D eigenvalue weighted by Gasteiger charge is -2.43. The summed E-state index contributed by atoms with van der Waals surface area (Å²) in [6.07, 6.45) is 2.16. The summed E-state index contributed by atoms with van der Waals surface area (Å²) in [6.45, 7) is 20.5. The number of morpholine rings is 2. The lowest BCUT2D eigenvalue weighted by atomic mass is 9.90. The number of hydrogen-bond donors (Lipinski definition) is 6. The van der Waals surface area contributed by atoms with Gasteiger partial charge < -0.3 is 50.5 Å². The second-order valence-electron chi connectivity index (χ2n) is 26.7. The fourth-order valence-electron chi connectivity index (χ4n) is 14.0. The Balaban J connectivity index is 0.632. The molecule has 6 N–H and O–H groups in total. The molecule has 4 amide bonds. The number of amides is 4. The number of aromatic amines is 2. The molecule has 4 saturated heterocycles. The van der Waals surface area contributed by atoms with Gasteiger partial charge in [0.15, 0.2) is 0 Å². The highest BCUT2D eigenvalue weighted by Crippen LogP contribution is 2.41. The smallest absolute Gasteiger partial charge is 0.251 e. The predicted octanol–water partition coefficient (Wildman–Crippen LogP) is 2.74. The number of carbonyl (C=O) groups excluding carboxylic acids is 4. The standard InChI is InChI=1S/C64H86F2N12O8/c1-39-29-75(35-55(79)77-37-63(3,4)57-51(77)25-43(59(81)71-57)23-41-7-11-45(65)12-8-41)49(27-67-39)31-73-19-21-85-53(33-73)61(83)69-47-15-17-48(18-16-47)70-62(84)54-34-74(20-22-86-54)32-50-28-68-40(2)30-76(50)36-56(80)78-38-64(5,6)58-52(78)26-44(60(82)72-58)24-42-9-13-46(66)14-10-42/h7-14,25-26,39-40,47-50,53-54,67-68H,15-24,27-38H2,1-6H3,(H,69,83)(H,70,84)(H,71,81)(H,72,82)/t39-,40-,47?,48?,49-,50-,53?,54?/m1/s1. The average Bonchev–Trinajstić information content (AvgIpc) is 1.70. The highest BCUT2D eigenvalue weighted by atomic mass is 19.1. The first-order valence-electron chi connectivity index (χ1n) is 31.0. The van der Waals surface area contributed by atoms with Gasteiger partial charge in [-0.2, -0.15) is 0 Å². The number of benzene rings is 2. The summed E-state index contributed by atoms with van der Waals surface area (Å²) < 4.78 is 39.5. The van der Waals surface area contributed by atoms with E-state index in [-0.39, 0.29) is 95.7 Å². The van der Waals surface area contributed by atoms with Crippen molar-refractivity contribution in [1.29, 1.82) is 0 Å². The molecule has 1 aliphatic carbocycles. The van der Waals surface area contributed by atoms with Crippen molar-refractivity contribution < 1.29 is 37.4 Å². The van der Waals surface area contributed by atoms with E-state index < -0.39 is 23.0 Å². The Hall–Kier alpha value is -6.24.